The number of carbonyl (C=O) groups is 2. The molecule has 0 radical (unpaired) electrons. The summed E-state index contributed by atoms with van der Waals surface area (Å²) in [6.45, 7) is 2.36. The van der Waals surface area contributed by atoms with Crippen molar-refractivity contribution in [1.82, 2.24) is 25.6 Å². The molecule has 0 unspecified atom stereocenters. The summed E-state index contributed by atoms with van der Waals surface area (Å²) in [6, 6.07) is 7.52. The Morgan fingerprint density at radius 3 is 2.68 bits per heavy atom. The maximum Gasteiger partial charge on any atom is 0.433 e. The fourth-order valence-electron chi connectivity index (χ4n) is 4.29. The summed E-state index contributed by atoms with van der Waals surface area (Å²) < 4.78 is 45.4. The lowest BCUT2D eigenvalue weighted by atomic mass is 9.97. The number of carbonyl (C=O) groups excluding carboxylic acids is 2. The van der Waals surface area contributed by atoms with Crippen LogP contribution in [0.15, 0.2) is 52.1 Å². The third kappa shape index (κ3) is 6.22. The van der Waals surface area contributed by atoms with Gasteiger partial charge in [-0.3, -0.25) is 14.9 Å². The maximum absolute atomic E-state index is 13.4. The van der Waals surface area contributed by atoms with Crippen LogP contribution < -0.4 is 15.5 Å². The minimum atomic E-state index is -4.56. The summed E-state index contributed by atoms with van der Waals surface area (Å²) in [5.74, 6) is 0.732. The van der Waals surface area contributed by atoms with E-state index in [1.165, 1.54) is 6.26 Å². The first-order valence-electron chi connectivity index (χ1n) is 11.9. The van der Waals surface area contributed by atoms with Gasteiger partial charge in [-0.15, -0.1) is 0 Å². The van der Waals surface area contributed by atoms with Gasteiger partial charge in [-0.1, -0.05) is 0 Å². The van der Waals surface area contributed by atoms with Crippen LogP contribution in [0, 0.1) is 5.92 Å². The second-order valence-corrected chi connectivity index (χ2v) is 9.93. The average molecular weight is 545 g/mol. The summed E-state index contributed by atoms with van der Waals surface area (Å²) in [5.41, 5.74) is 0.210. The second kappa shape index (κ2) is 11.0. The van der Waals surface area contributed by atoms with Crippen LogP contribution in [0.1, 0.15) is 29.8 Å². The van der Waals surface area contributed by atoms with Crippen molar-refractivity contribution in [2.75, 3.05) is 24.5 Å². The van der Waals surface area contributed by atoms with Crippen LogP contribution in [-0.2, 0) is 17.5 Å². The molecular formula is C25H23F3N6O3S. The van der Waals surface area contributed by atoms with Crippen LogP contribution >= 0.6 is 11.8 Å². The predicted octanol–water partition coefficient (Wildman–Crippen LogP) is 4.48. The van der Waals surface area contributed by atoms with E-state index < -0.39 is 23.0 Å². The van der Waals surface area contributed by atoms with E-state index in [0.717, 1.165) is 43.8 Å². The number of amides is 2. The molecule has 2 aliphatic heterocycles. The summed E-state index contributed by atoms with van der Waals surface area (Å²) in [6.07, 6.45) is 1.73. The van der Waals surface area contributed by atoms with Gasteiger partial charge in [0.1, 0.15) is 11.4 Å². The number of alkyl halides is 3. The summed E-state index contributed by atoms with van der Waals surface area (Å²) >= 11 is 0.835. The number of piperidine rings is 1. The third-order valence-corrected chi connectivity index (χ3v) is 7.00. The van der Waals surface area contributed by atoms with E-state index in [0.29, 0.717) is 29.7 Å². The molecule has 2 aliphatic rings. The lowest BCUT2D eigenvalue weighted by Gasteiger charge is -2.32. The third-order valence-electron chi connectivity index (χ3n) is 6.19. The number of imide groups is 1. The molecule has 3 aromatic rings. The van der Waals surface area contributed by atoms with Crippen molar-refractivity contribution in [2.45, 2.75) is 25.6 Å². The Morgan fingerprint density at radius 2 is 2.00 bits per heavy atom. The van der Waals surface area contributed by atoms with Gasteiger partial charge in [0.05, 0.1) is 16.9 Å². The minimum absolute atomic E-state index is 0.145. The summed E-state index contributed by atoms with van der Waals surface area (Å²) in [5, 5.41) is 5.09. The predicted molar refractivity (Wildman–Crippen MR) is 135 cm³/mol. The number of pyridine rings is 1. The van der Waals surface area contributed by atoms with Crippen molar-refractivity contribution >= 4 is 34.9 Å². The number of furan rings is 1. The first kappa shape index (κ1) is 25.9. The van der Waals surface area contributed by atoms with Gasteiger partial charge in [0, 0.05) is 25.8 Å². The van der Waals surface area contributed by atoms with Gasteiger partial charge in [0.25, 0.3) is 11.1 Å². The molecule has 3 aromatic heterocycles. The van der Waals surface area contributed by atoms with Crippen LogP contribution in [0.25, 0.3) is 17.5 Å². The molecule has 9 nitrogen and oxygen atoms in total. The van der Waals surface area contributed by atoms with Crippen LogP contribution in [0.5, 0.6) is 0 Å². The quantitative estimate of drug-likeness (QED) is 0.416. The normalized spacial score (nSPS) is 17.9. The number of halogens is 3. The molecule has 0 bridgehead atoms. The zero-order chi connectivity index (χ0) is 26.7. The van der Waals surface area contributed by atoms with Crippen LogP contribution in [0.2, 0.25) is 0 Å². The van der Waals surface area contributed by atoms with Gasteiger partial charge < -0.3 is 14.6 Å². The van der Waals surface area contributed by atoms with Crippen LogP contribution in [0.3, 0.4) is 0 Å². The lowest BCUT2D eigenvalue weighted by molar-refractivity contribution is -0.141. The van der Waals surface area contributed by atoms with E-state index in [4.69, 9.17) is 4.42 Å². The van der Waals surface area contributed by atoms with Crippen molar-refractivity contribution in [3.05, 3.63) is 64.6 Å². The molecule has 5 rings (SSSR count). The zero-order valence-electron chi connectivity index (χ0n) is 20.0. The molecule has 198 valence electrons. The van der Waals surface area contributed by atoms with E-state index in [2.05, 4.69) is 30.5 Å². The Bertz CT molecular complexity index is 1350. The van der Waals surface area contributed by atoms with E-state index in [-0.39, 0.29) is 22.9 Å². The molecule has 13 heteroatoms. The first-order valence-corrected chi connectivity index (χ1v) is 12.7. The fourth-order valence-corrected chi connectivity index (χ4v) is 4.96. The highest BCUT2D eigenvalue weighted by Crippen LogP contribution is 2.31. The van der Waals surface area contributed by atoms with Crippen LogP contribution in [0.4, 0.5) is 23.9 Å². The number of thioether (sulfide) groups is 1. The smallest absolute Gasteiger partial charge is 0.433 e. The molecule has 2 amide bonds. The largest absolute Gasteiger partial charge is 0.463 e. The first-order chi connectivity index (χ1) is 18.2. The number of anilines is 1. The van der Waals surface area contributed by atoms with Crippen molar-refractivity contribution in [3.63, 3.8) is 0 Å². The number of aromatic nitrogens is 3. The summed E-state index contributed by atoms with van der Waals surface area (Å²) in [7, 11) is 0. The Labute approximate surface area is 219 Å². The van der Waals surface area contributed by atoms with E-state index in [9.17, 15) is 22.8 Å². The van der Waals surface area contributed by atoms with E-state index in [1.807, 2.05) is 0 Å². The van der Waals surface area contributed by atoms with Gasteiger partial charge in [0.2, 0.25) is 5.95 Å². The molecule has 0 atom stereocenters. The molecule has 0 saturated carbocycles. The molecule has 2 fully saturated rings. The van der Waals surface area contributed by atoms with E-state index >= 15 is 0 Å². The Morgan fingerprint density at radius 1 is 1.18 bits per heavy atom. The van der Waals surface area contributed by atoms with Crippen molar-refractivity contribution in [1.29, 1.82) is 0 Å². The molecule has 0 spiro atoms. The van der Waals surface area contributed by atoms with Crippen molar-refractivity contribution < 1.29 is 27.2 Å². The summed E-state index contributed by atoms with van der Waals surface area (Å²) in [4.78, 5) is 38.1. The fraction of sp³-hybridized carbons (Fsp3) is 0.320. The monoisotopic (exact) mass is 544 g/mol. The zero-order valence-corrected chi connectivity index (χ0v) is 20.8. The highest BCUT2D eigenvalue weighted by atomic mass is 32.2. The second-order valence-electron chi connectivity index (χ2n) is 8.92. The lowest BCUT2D eigenvalue weighted by Crippen LogP contribution is -2.38. The number of hydrogen-bond donors (Lipinski definition) is 2. The molecule has 2 N–H and O–H groups in total. The van der Waals surface area contributed by atoms with Crippen molar-refractivity contribution in [2.24, 2.45) is 5.92 Å². The molecule has 0 aromatic carbocycles. The average Bonchev–Trinajstić information content (AvgIpc) is 3.54. The number of nitrogens with one attached hydrogen (secondary N) is 2. The van der Waals surface area contributed by atoms with Gasteiger partial charge in [-0.25, -0.2) is 15.0 Å². The van der Waals surface area contributed by atoms with Crippen molar-refractivity contribution in [3.8, 4) is 11.5 Å². The number of nitrogens with zero attached hydrogens (tertiary/aromatic N) is 4. The highest BCUT2D eigenvalue weighted by Gasteiger charge is 2.33. The van der Waals surface area contributed by atoms with E-state index in [1.54, 1.807) is 36.5 Å². The highest BCUT2D eigenvalue weighted by molar-refractivity contribution is 8.18. The van der Waals surface area contributed by atoms with Gasteiger partial charge >= 0.3 is 6.18 Å². The maximum atomic E-state index is 13.4. The topological polar surface area (TPSA) is 113 Å². The Kier molecular flexibility index (Phi) is 7.47. The molecule has 2 saturated heterocycles. The molecule has 5 heterocycles. The Balaban J connectivity index is 1.16. The number of hydrogen-bond acceptors (Lipinski definition) is 9. The minimum Gasteiger partial charge on any atom is -0.463 e. The van der Waals surface area contributed by atoms with Gasteiger partial charge in [-0.2, -0.15) is 13.2 Å². The number of rotatable bonds is 7. The van der Waals surface area contributed by atoms with Crippen LogP contribution in [-0.4, -0.2) is 45.7 Å². The molecule has 38 heavy (non-hydrogen) atoms. The molecule has 0 aliphatic carbocycles. The SMILES string of the molecule is O=C1NC(=O)C(=Cc2ccnc(N3CCC(CNCc4cc(-c5ccco5)nc(C(F)(F)F)c4)CC3)n2)S1. The standard InChI is InChI=1S/C25H23F3N6O3S/c26-25(27,28)21-11-16(10-18(32-21)19-2-1-9-37-19)14-29-13-15-4-7-34(8-5-15)23-30-6-3-17(31-23)12-20-22(35)33-24(36)38-20/h1-3,6,9-12,15,29H,4-5,7-8,13-14H2,(H,33,35,36). The Hall–Kier alpha value is -3.71. The van der Waals surface area contributed by atoms with Gasteiger partial charge in [-0.05, 0) is 79.0 Å². The van der Waals surface area contributed by atoms with Gasteiger partial charge in [0.15, 0.2) is 5.76 Å². The molecular weight excluding hydrogens is 521 g/mol.